The van der Waals surface area contributed by atoms with Gasteiger partial charge in [-0.15, -0.1) is 0 Å². The summed E-state index contributed by atoms with van der Waals surface area (Å²) in [6.07, 6.45) is 4.33. The molecule has 3 rings (SSSR count). The van der Waals surface area contributed by atoms with Crippen molar-refractivity contribution in [1.82, 2.24) is 4.98 Å². The maximum absolute atomic E-state index is 13.9. The number of H-pyrrole nitrogens is 1. The van der Waals surface area contributed by atoms with E-state index >= 15 is 0 Å². The first-order valence-corrected chi connectivity index (χ1v) is 8.54. The number of para-hydroxylation sites is 1. The number of aromatic nitrogens is 1. The molecule has 0 spiro atoms. The highest BCUT2D eigenvalue weighted by molar-refractivity contribution is 6.30. The van der Waals surface area contributed by atoms with Gasteiger partial charge in [-0.3, -0.25) is 0 Å². The third kappa shape index (κ3) is 4.55. The fourth-order valence-corrected chi connectivity index (χ4v) is 2.76. The van der Waals surface area contributed by atoms with Gasteiger partial charge in [0.2, 0.25) is 0 Å². The molecule has 1 heterocycles. The Hall–Kier alpha value is -2.53. The van der Waals surface area contributed by atoms with Crippen molar-refractivity contribution in [3.05, 3.63) is 82.4 Å². The van der Waals surface area contributed by atoms with Crippen molar-refractivity contribution in [2.24, 2.45) is 0 Å². The van der Waals surface area contributed by atoms with Crippen molar-refractivity contribution < 1.29 is 18.3 Å². The van der Waals surface area contributed by atoms with Gasteiger partial charge in [0.1, 0.15) is 25.7 Å². The summed E-state index contributed by atoms with van der Waals surface area (Å²) in [5, 5.41) is 0.326. The highest BCUT2D eigenvalue weighted by Gasteiger charge is 2.13. The van der Waals surface area contributed by atoms with Gasteiger partial charge in [0.25, 0.3) is 0 Å². The van der Waals surface area contributed by atoms with Gasteiger partial charge >= 0.3 is 0 Å². The van der Waals surface area contributed by atoms with Crippen LogP contribution in [0.5, 0.6) is 11.5 Å². The van der Waals surface area contributed by atoms with E-state index in [2.05, 4.69) is 4.98 Å². The van der Waals surface area contributed by atoms with Gasteiger partial charge < -0.3 is 14.5 Å². The zero-order valence-corrected chi connectivity index (χ0v) is 14.7. The fourth-order valence-electron chi connectivity index (χ4n) is 2.60. The van der Waals surface area contributed by atoms with Crippen molar-refractivity contribution in [2.75, 3.05) is 13.3 Å². The van der Waals surface area contributed by atoms with E-state index in [1.165, 1.54) is 6.07 Å². The van der Waals surface area contributed by atoms with Gasteiger partial charge in [0.15, 0.2) is 11.5 Å². The van der Waals surface area contributed by atoms with Crippen molar-refractivity contribution in [1.29, 1.82) is 0 Å². The Morgan fingerprint density at radius 3 is 2.65 bits per heavy atom. The van der Waals surface area contributed by atoms with Crippen LogP contribution < -0.4 is 9.47 Å². The molecule has 0 saturated carbocycles. The molecule has 0 aliphatic rings. The van der Waals surface area contributed by atoms with Crippen molar-refractivity contribution >= 4 is 11.6 Å². The summed E-state index contributed by atoms with van der Waals surface area (Å²) >= 11 is 5.77. The average molecular weight is 378 g/mol. The Kier molecular flexibility index (Phi) is 6.12. The molecule has 3 aromatic rings. The summed E-state index contributed by atoms with van der Waals surface area (Å²) in [7, 11) is 0. The lowest BCUT2D eigenvalue weighted by molar-refractivity contribution is 0.240. The topological polar surface area (TPSA) is 34.2 Å². The first-order chi connectivity index (χ1) is 12.7. The summed E-state index contributed by atoms with van der Waals surface area (Å²) in [5.41, 5.74) is 2.31. The van der Waals surface area contributed by atoms with Gasteiger partial charge in [-0.25, -0.2) is 8.78 Å². The van der Waals surface area contributed by atoms with E-state index in [4.69, 9.17) is 21.1 Å². The molecule has 0 amide bonds. The average Bonchev–Trinajstić information content (AvgIpc) is 3.13. The molecule has 0 saturated heterocycles. The number of ether oxygens (including phenoxy) is 2. The van der Waals surface area contributed by atoms with E-state index < -0.39 is 12.5 Å². The van der Waals surface area contributed by atoms with E-state index in [1.807, 2.05) is 30.6 Å². The van der Waals surface area contributed by atoms with E-state index in [-0.39, 0.29) is 13.2 Å². The van der Waals surface area contributed by atoms with Crippen LogP contribution >= 0.6 is 11.6 Å². The molecule has 0 atom stereocenters. The van der Waals surface area contributed by atoms with Crippen LogP contribution in [0.4, 0.5) is 8.78 Å². The predicted molar refractivity (Wildman–Crippen MR) is 97.3 cm³/mol. The molecule has 2 aromatic carbocycles. The van der Waals surface area contributed by atoms with Gasteiger partial charge in [0, 0.05) is 35.0 Å². The molecule has 26 heavy (non-hydrogen) atoms. The van der Waals surface area contributed by atoms with Crippen LogP contribution in [-0.2, 0) is 13.0 Å². The third-order valence-corrected chi connectivity index (χ3v) is 4.07. The summed E-state index contributed by atoms with van der Waals surface area (Å²) in [6, 6.07) is 11.8. The van der Waals surface area contributed by atoms with Crippen molar-refractivity contribution in [3.63, 3.8) is 0 Å². The van der Waals surface area contributed by atoms with Crippen molar-refractivity contribution in [2.45, 2.75) is 13.0 Å². The lowest BCUT2D eigenvalue weighted by Crippen LogP contribution is -2.06. The van der Waals surface area contributed by atoms with Gasteiger partial charge in [0.05, 0.1) is 0 Å². The van der Waals surface area contributed by atoms with Crippen LogP contribution in [0.3, 0.4) is 0 Å². The van der Waals surface area contributed by atoms with Crippen LogP contribution in [-0.4, -0.2) is 18.3 Å². The maximum Gasteiger partial charge on any atom is 0.164 e. The molecule has 6 heteroatoms. The number of benzene rings is 2. The summed E-state index contributed by atoms with van der Waals surface area (Å²) in [6.45, 7) is -0.665. The number of halogens is 3. The molecule has 1 aromatic heterocycles. The van der Waals surface area contributed by atoms with Crippen molar-refractivity contribution in [3.8, 4) is 11.5 Å². The number of hydrogen-bond acceptors (Lipinski definition) is 2. The molecule has 0 unspecified atom stereocenters. The minimum absolute atomic E-state index is 0.0165. The zero-order chi connectivity index (χ0) is 18.4. The Morgan fingerprint density at radius 2 is 1.92 bits per heavy atom. The highest BCUT2D eigenvalue weighted by atomic mass is 35.5. The van der Waals surface area contributed by atoms with Crippen LogP contribution in [0.15, 0.2) is 54.9 Å². The van der Waals surface area contributed by atoms with Crippen LogP contribution in [0, 0.1) is 5.82 Å². The summed E-state index contributed by atoms with van der Waals surface area (Å²) < 4.78 is 37.9. The van der Waals surface area contributed by atoms with E-state index in [9.17, 15) is 8.78 Å². The molecule has 0 aliphatic carbocycles. The molecule has 0 aliphatic heterocycles. The summed E-state index contributed by atoms with van der Waals surface area (Å²) in [4.78, 5) is 3.00. The molecule has 0 bridgehead atoms. The summed E-state index contributed by atoms with van der Waals surface area (Å²) in [5.74, 6) is 0.480. The number of hydrogen-bond donors (Lipinski definition) is 1. The predicted octanol–water partition coefficient (Wildman–Crippen LogP) is 5.33. The molecule has 3 nitrogen and oxygen atoms in total. The quantitative estimate of drug-likeness (QED) is 0.576. The SMILES string of the molecule is FCCOc1c(Cc2cc[nH]c2)cccc1OCc1ccc(Cl)cc1F. The highest BCUT2D eigenvalue weighted by Crippen LogP contribution is 2.33. The maximum atomic E-state index is 13.9. The molecule has 0 fully saturated rings. The Bertz CT molecular complexity index is 853. The Labute approximate surface area is 155 Å². The smallest absolute Gasteiger partial charge is 0.164 e. The third-order valence-electron chi connectivity index (χ3n) is 3.84. The molecular formula is C20H18ClF2NO2. The van der Waals surface area contributed by atoms with E-state index in [0.29, 0.717) is 28.5 Å². The monoisotopic (exact) mass is 377 g/mol. The van der Waals surface area contributed by atoms with Crippen LogP contribution in [0.2, 0.25) is 5.02 Å². The minimum Gasteiger partial charge on any atom is -0.487 e. The minimum atomic E-state index is -0.607. The second-order valence-corrected chi connectivity index (χ2v) is 6.14. The number of rotatable bonds is 8. The van der Waals surface area contributed by atoms with Gasteiger partial charge in [-0.2, -0.15) is 0 Å². The largest absolute Gasteiger partial charge is 0.487 e. The number of aromatic amines is 1. The first-order valence-electron chi connectivity index (χ1n) is 8.16. The number of nitrogens with one attached hydrogen (secondary N) is 1. The lowest BCUT2D eigenvalue weighted by atomic mass is 10.1. The van der Waals surface area contributed by atoms with Gasteiger partial charge in [-0.1, -0.05) is 29.8 Å². The normalized spacial score (nSPS) is 10.7. The molecule has 136 valence electrons. The van der Waals surface area contributed by atoms with E-state index in [0.717, 1.165) is 11.1 Å². The van der Waals surface area contributed by atoms with Crippen LogP contribution in [0.1, 0.15) is 16.7 Å². The lowest BCUT2D eigenvalue weighted by Gasteiger charge is -2.16. The Morgan fingerprint density at radius 1 is 1.04 bits per heavy atom. The van der Waals surface area contributed by atoms with Gasteiger partial charge in [-0.05, 0) is 29.8 Å². The zero-order valence-electron chi connectivity index (χ0n) is 14.0. The first kappa shape index (κ1) is 18.3. The Balaban J connectivity index is 1.82. The standard InChI is InChI=1S/C20H18ClF2NO2/c21-17-5-4-16(18(23)11-17)13-26-19-3-1-2-15(20(19)25-9-7-22)10-14-6-8-24-12-14/h1-6,8,11-12,24H,7,9-10,13H2. The fraction of sp³-hybridized carbons (Fsp3) is 0.200. The molecular weight excluding hydrogens is 360 g/mol. The second kappa shape index (κ2) is 8.72. The van der Waals surface area contributed by atoms with E-state index in [1.54, 1.807) is 18.2 Å². The number of alkyl halides is 1. The molecule has 0 radical (unpaired) electrons. The second-order valence-electron chi connectivity index (χ2n) is 5.70. The molecule has 1 N–H and O–H groups in total. The van der Waals surface area contributed by atoms with Crippen LogP contribution in [0.25, 0.3) is 0 Å².